The average Bonchev–Trinajstić information content (AvgIpc) is 2.72. The summed E-state index contributed by atoms with van der Waals surface area (Å²) in [6, 6.07) is 8.80. The number of fused-ring (bicyclic) bond motifs is 1. The van der Waals surface area contributed by atoms with Crippen LogP contribution in [0.2, 0.25) is 0 Å². The zero-order chi connectivity index (χ0) is 22.3. The van der Waals surface area contributed by atoms with E-state index in [0.29, 0.717) is 35.7 Å². The van der Waals surface area contributed by atoms with E-state index >= 15 is 0 Å². The maximum atomic E-state index is 13.3. The van der Waals surface area contributed by atoms with Crippen LogP contribution < -0.4 is 10.1 Å². The molecule has 164 valence electrons. The van der Waals surface area contributed by atoms with Gasteiger partial charge in [-0.05, 0) is 44.5 Å². The summed E-state index contributed by atoms with van der Waals surface area (Å²) in [5, 5.41) is 2.68. The molecule has 0 bridgehead atoms. The van der Waals surface area contributed by atoms with Gasteiger partial charge in [-0.3, -0.25) is 9.59 Å². The molecule has 0 saturated carbocycles. The largest absolute Gasteiger partial charge is 0.482 e. The molecule has 2 heterocycles. The lowest BCUT2D eigenvalue weighted by atomic mass is 10.1. The zero-order valence-electron chi connectivity index (χ0n) is 17.8. The van der Waals surface area contributed by atoms with Crippen molar-refractivity contribution in [2.45, 2.75) is 25.7 Å². The Morgan fingerprint density at radius 3 is 2.26 bits per heavy atom. The maximum Gasteiger partial charge on any atom is 0.262 e. The molecule has 2 aromatic rings. The van der Waals surface area contributed by atoms with Gasteiger partial charge < -0.3 is 15.0 Å². The van der Waals surface area contributed by atoms with E-state index in [2.05, 4.69) is 5.32 Å². The molecule has 1 saturated heterocycles. The molecule has 8 nitrogen and oxygen atoms in total. The van der Waals surface area contributed by atoms with Crippen LogP contribution in [0.3, 0.4) is 0 Å². The fourth-order valence-electron chi connectivity index (χ4n) is 4.05. The minimum atomic E-state index is -3.76. The first kappa shape index (κ1) is 21.3. The van der Waals surface area contributed by atoms with Gasteiger partial charge in [-0.2, -0.15) is 4.31 Å². The quantitative estimate of drug-likeness (QED) is 0.784. The molecule has 31 heavy (non-hydrogen) atoms. The van der Waals surface area contributed by atoms with E-state index in [0.717, 1.165) is 11.1 Å². The molecule has 0 aliphatic carbocycles. The van der Waals surface area contributed by atoms with Crippen LogP contribution in [0.1, 0.15) is 27.0 Å². The van der Waals surface area contributed by atoms with Gasteiger partial charge in [-0.1, -0.05) is 17.2 Å². The van der Waals surface area contributed by atoms with Gasteiger partial charge in [0.05, 0.1) is 10.6 Å². The van der Waals surface area contributed by atoms with Gasteiger partial charge in [0.1, 0.15) is 5.75 Å². The van der Waals surface area contributed by atoms with E-state index in [4.69, 9.17) is 4.74 Å². The summed E-state index contributed by atoms with van der Waals surface area (Å²) in [6.45, 7) is 6.51. The fraction of sp³-hybridized carbons (Fsp3) is 0.364. The molecule has 0 unspecified atom stereocenters. The van der Waals surface area contributed by atoms with E-state index in [-0.39, 0.29) is 36.4 Å². The van der Waals surface area contributed by atoms with E-state index in [9.17, 15) is 18.0 Å². The first-order chi connectivity index (χ1) is 14.6. The maximum absolute atomic E-state index is 13.3. The molecule has 2 aliphatic heterocycles. The van der Waals surface area contributed by atoms with E-state index in [1.54, 1.807) is 17.9 Å². The molecule has 0 radical (unpaired) electrons. The van der Waals surface area contributed by atoms with Crippen LogP contribution in [0.15, 0.2) is 35.2 Å². The lowest BCUT2D eigenvalue weighted by molar-refractivity contribution is -0.118. The number of rotatable bonds is 3. The van der Waals surface area contributed by atoms with E-state index in [1.807, 2.05) is 32.0 Å². The number of benzene rings is 2. The van der Waals surface area contributed by atoms with Crippen LogP contribution in [-0.2, 0) is 14.8 Å². The summed E-state index contributed by atoms with van der Waals surface area (Å²) in [5.41, 5.74) is 3.66. The number of nitrogens with zero attached hydrogens (tertiary/aromatic N) is 2. The summed E-state index contributed by atoms with van der Waals surface area (Å²) < 4.78 is 33.3. The SMILES string of the molecule is Cc1cc(C)cc(C(=O)N2CCN(S(=O)(=O)c3cc4c(cc3C)NC(=O)CO4)CC2)c1. The molecule has 0 spiro atoms. The van der Waals surface area contributed by atoms with E-state index < -0.39 is 10.0 Å². The highest BCUT2D eigenvalue weighted by atomic mass is 32.2. The summed E-state index contributed by atoms with van der Waals surface area (Å²) in [4.78, 5) is 26.2. The number of sulfonamides is 1. The number of aryl methyl sites for hydroxylation is 3. The lowest BCUT2D eigenvalue weighted by Gasteiger charge is -2.34. The van der Waals surface area contributed by atoms with Crippen LogP contribution >= 0.6 is 0 Å². The van der Waals surface area contributed by atoms with Crippen LogP contribution in [0, 0.1) is 20.8 Å². The van der Waals surface area contributed by atoms with Gasteiger partial charge in [0.15, 0.2) is 6.61 Å². The van der Waals surface area contributed by atoms with Crippen LogP contribution in [0.25, 0.3) is 0 Å². The van der Waals surface area contributed by atoms with E-state index in [1.165, 1.54) is 10.4 Å². The van der Waals surface area contributed by atoms with Crippen molar-refractivity contribution >= 4 is 27.5 Å². The first-order valence-electron chi connectivity index (χ1n) is 10.1. The minimum absolute atomic E-state index is 0.0852. The number of anilines is 1. The second kappa shape index (κ2) is 7.97. The predicted molar refractivity (Wildman–Crippen MR) is 116 cm³/mol. The standard InChI is InChI=1S/C22H25N3O5S/c1-14-8-15(2)10-17(9-14)22(27)24-4-6-25(7-5-24)31(28,29)20-12-19-18(11-16(20)3)23-21(26)13-30-19/h8-12H,4-7,13H2,1-3H3,(H,23,26). The molecule has 0 atom stereocenters. The minimum Gasteiger partial charge on any atom is -0.482 e. The fourth-order valence-corrected chi connectivity index (χ4v) is 5.69. The number of carbonyl (C=O) groups is 2. The normalized spacial score (nSPS) is 17.0. The van der Waals surface area contributed by atoms with Gasteiger partial charge in [-0.15, -0.1) is 0 Å². The van der Waals surface area contributed by atoms with Crippen LogP contribution in [0.5, 0.6) is 5.75 Å². The molecule has 9 heteroatoms. The Balaban J connectivity index is 1.51. The highest BCUT2D eigenvalue weighted by Gasteiger charge is 2.32. The Morgan fingerprint density at radius 2 is 1.61 bits per heavy atom. The Kier molecular flexibility index (Phi) is 5.49. The molecular weight excluding hydrogens is 418 g/mol. The monoisotopic (exact) mass is 443 g/mol. The zero-order valence-corrected chi connectivity index (χ0v) is 18.6. The van der Waals surface area contributed by atoms with Crippen molar-refractivity contribution in [3.8, 4) is 5.75 Å². The first-order valence-corrected chi connectivity index (χ1v) is 11.5. The van der Waals surface area contributed by atoms with Crippen molar-refractivity contribution in [1.82, 2.24) is 9.21 Å². The number of hydrogen-bond acceptors (Lipinski definition) is 5. The van der Waals surface area contributed by atoms with Crippen molar-refractivity contribution < 1.29 is 22.7 Å². The highest BCUT2D eigenvalue weighted by molar-refractivity contribution is 7.89. The molecule has 4 rings (SSSR count). The second-order valence-electron chi connectivity index (χ2n) is 8.02. The predicted octanol–water partition coefficient (Wildman–Crippen LogP) is 2.09. The smallest absolute Gasteiger partial charge is 0.262 e. The Labute approximate surface area is 181 Å². The number of amides is 2. The third kappa shape index (κ3) is 4.15. The van der Waals surface area contributed by atoms with Crippen LogP contribution in [-0.4, -0.2) is 62.2 Å². The summed E-state index contributed by atoms with van der Waals surface area (Å²) in [6.07, 6.45) is 0. The van der Waals surface area contributed by atoms with Crippen molar-refractivity contribution in [3.63, 3.8) is 0 Å². The van der Waals surface area contributed by atoms with Crippen molar-refractivity contribution in [1.29, 1.82) is 0 Å². The van der Waals surface area contributed by atoms with Crippen molar-refractivity contribution in [2.24, 2.45) is 0 Å². The number of nitrogens with one attached hydrogen (secondary N) is 1. The van der Waals surface area contributed by atoms with Gasteiger partial charge in [0.2, 0.25) is 10.0 Å². The molecule has 1 fully saturated rings. The van der Waals surface area contributed by atoms with Gasteiger partial charge in [-0.25, -0.2) is 8.42 Å². The van der Waals surface area contributed by atoms with Gasteiger partial charge >= 0.3 is 0 Å². The number of ether oxygens (including phenoxy) is 1. The second-order valence-corrected chi connectivity index (χ2v) is 9.93. The Hall–Kier alpha value is -2.91. The summed E-state index contributed by atoms with van der Waals surface area (Å²) >= 11 is 0. The van der Waals surface area contributed by atoms with Crippen LogP contribution in [0.4, 0.5) is 5.69 Å². The van der Waals surface area contributed by atoms with Crippen molar-refractivity contribution in [3.05, 3.63) is 52.6 Å². The molecule has 2 amide bonds. The molecule has 2 aromatic carbocycles. The topological polar surface area (TPSA) is 96.0 Å². The Morgan fingerprint density at radius 1 is 0.968 bits per heavy atom. The Bertz CT molecular complexity index is 1150. The molecule has 2 aliphatic rings. The number of piperazine rings is 1. The third-order valence-electron chi connectivity index (χ3n) is 5.52. The molecular formula is C22H25N3O5S. The average molecular weight is 444 g/mol. The third-order valence-corrected chi connectivity index (χ3v) is 7.56. The molecule has 1 N–H and O–H groups in total. The summed E-state index contributed by atoms with van der Waals surface area (Å²) in [5.74, 6) is -0.0162. The summed E-state index contributed by atoms with van der Waals surface area (Å²) in [7, 11) is -3.76. The highest BCUT2D eigenvalue weighted by Crippen LogP contribution is 2.34. The number of carbonyl (C=O) groups excluding carboxylic acids is 2. The molecule has 0 aromatic heterocycles. The number of hydrogen-bond donors (Lipinski definition) is 1. The van der Waals surface area contributed by atoms with Gasteiger partial charge in [0, 0.05) is 37.8 Å². The van der Waals surface area contributed by atoms with Crippen molar-refractivity contribution in [2.75, 3.05) is 38.1 Å². The van der Waals surface area contributed by atoms with Gasteiger partial charge in [0.25, 0.3) is 11.8 Å². The lowest BCUT2D eigenvalue weighted by Crippen LogP contribution is -2.50.